The van der Waals surface area contributed by atoms with E-state index >= 15 is 0 Å². The first-order chi connectivity index (χ1) is 15.1. The molecule has 0 saturated carbocycles. The van der Waals surface area contributed by atoms with Crippen molar-refractivity contribution in [2.24, 2.45) is 0 Å². The van der Waals surface area contributed by atoms with E-state index in [0.717, 1.165) is 35.5 Å². The zero-order chi connectivity index (χ0) is 21.6. The average molecular weight is 419 g/mol. The van der Waals surface area contributed by atoms with Gasteiger partial charge in [-0.1, -0.05) is 30.3 Å². The zero-order valence-corrected chi connectivity index (χ0v) is 17.4. The number of pyridine rings is 1. The molecule has 1 atom stereocenters. The van der Waals surface area contributed by atoms with E-state index < -0.39 is 6.04 Å². The zero-order valence-electron chi connectivity index (χ0n) is 17.4. The largest absolute Gasteiger partial charge is 0.469 e. The minimum absolute atomic E-state index is 0.0726. The SMILES string of the molecule is COC(=O)C[C@@H](NC(=O)N1CCCn2nc(-c3cccnc3)cc2C1)c1ccccc1. The number of hydrogen-bond acceptors (Lipinski definition) is 5. The summed E-state index contributed by atoms with van der Waals surface area (Å²) in [4.78, 5) is 30.9. The molecule has 2 amide bonds. The molecule has 3 aromatic rings. The van der Waals surface area contributed by atoms with Crippen LogP contribution in [0.15, 0.2) is 60.9 Å². The second-order valence-electron chi connectivity index (χ2n) is 7.45. The number of ether oxygens (including phenoxy) is 1. The second-order valence-corrected chi connectivity index (χ2v) is 7.45. The number of amides is 2. The molecule has 0 fully saturated rings. The smallest absolute Gasteiger partial charge is 0.318 e. The van der Waals surface area contributed by atoms with E-state index in [-0.39, 0.29) is 18.4 Å². The van der Waals surface area contributed by atoms with Crippen LogP contribution < -0.4 is 5.32 Å². The molecule has 0 aliphatic carbocycles. The third kappa shape index (κ3) is 4.91. The summed E-state index contributed by atoms with van der Waals surface area (Å²) in [5.41, 5.74) is 3.62. The number of carbonyl (C=O) groups excluding carboxylic acids is 2. The van der Waals surface area contributed by atoms with E-state index in [1.807, 2.05) is 53.2 Å². The molecule has 2 aromatic heterocycles. The van der Waals surface area contributed by atoms with E-state index in [1.54, 1.807) is 17.3 Å². The van der Waals surface area contributed by atoms with Gasteiger partial charge in [-0.25, -0.2) is 4.79 Å². The minimum Gasteiger partial charge on any atom is -0.469 e. The molecular formula is C23H25N5O3. The number of hydrogen-bond donors (Lipinski definition) is 1. The van der Waals surface area contributed by atoms with Gasteiger partial charge in [0, 0.05) is 31.0 Å². The van der Waals surface area contributed by atoms with Crippen LogP contribution in [0.25, 0.3) is 11.3 Å². The summed E-state index contributed by atoms with van der Waals surface area (Å²) in [5.74, 6) is -0.371. The van der Waals surface area contributed by atoms with Gasteiger partial charge in [-0.05, 0) is 30.2 Å². The van der Waals surface area contributed by atoms with Crippen molar-refractivity contribution in [3.05, 3.63) is 72.2 Å². The summed E-state index contributed by atoms with van der Waals surface area (Å²) >= 11 is 0. The van der Waals surface area contributed by atoms with Crippen LogP contribution in [-0.4, -0.2) is 45.3 Å². The number of aryl methyl sites for hydroxylation is 1. The van der Waals surface area contributed by atoms with Crippen LogP contribution in [0.1, 0.15) is 30.1 Å². The maximum absolute atomic E-state index is 13.1. The first-order valence-corrected chi connectivity index (χ1v) is 10.3. The highest BCUT2D eigenvalue weighted by molar-refractivity contribution is 5.77. The lowest BCUT2D eigenvalue weighted by atomic mass is 10.0. The van der Waals surface area contributed by atoms with Crippen LogP contribution >= 0.6 is 0 Å². The minimum atomic E-state index is -0.458. The van der Waals surface area contributed by atoms with Gasteiger partial charge in [0.15, 0.2) is 0 Å². The number of methoxy groups -OCH3 is 1. The van der Waals surface area contributed by atoms with Gasteiger partial charge in [0.1, 0.15) is 0 Å². The summed E-state index contributed by atoms with van der Waals surface area (Å²) in [7, 11) is 1.35. The molecule has 160 valence electrons. The number of carbonyl (C=O) groups is 2. The molecule has 8 nitrogen and oxygen atoms in total. The molecule has 0 radical (unpaired) electrons. The van der Waals surface area contributed by atoms with Crippen molar-refractivity contribution in [1.82, 2.24) is 25.0 Å². The number of urea groups is 1. The maximum atomic E-state index is 13.1. The Balaban J connectivity index is 1.50. The number of nitrogens with one attached hydrogen (secondary N) is 1. The topological polar surface area (TPSA) is 89.4 Å². The van der Waals surface area contributed by atoms with Crippen molar-refractivity contribution < 1.29 is 14.3 Å². The van der Waals surface area contributed by atoms with Gasteiger partial charge in [0.2, 0.25) is 0 Å². The van der Waals surface area contributed by atoms with Crippen molar-refractivity contribution in [3.8, 4) is 11.3 Å². The van der Waals surface area contributed by atoms with Crippen LogP contribution in [0, 0.1) is 0 Å². The fourth-order valence-corrected chi connectivity index (χ4v) is 3.72. The number of benzene rings is 1. The molecule has 8 heteroatoms. The Morgan fingerprint density at radius 1 is 1.16 bits per heavy atom. The Bertz CT molecular complexity index is 1040. The van der Waals surface area contributed by atoms with Crippen molar-refractivity contribution in [1.29, 1.82) is 0 Å². The van der Waals surface area contributed by atoms with Gasteiger partial charge >= 0.3 is 12.0 Å². The van der Waals surface area contributed by atoms with Gasteiger partial charge in [-0.15, -0.1) is 0 Å². The van der Waals surface area contributed by atoms with Gasteiger partial charge < -0.3 is 15.0 Å². The Morgan fingerprint density at radius 3 is 2.74 bits per heavy atom. The lowest BCUT2D eigenvalue weighted by molar-refractivity contribution is -0.141. The highest BCUT2D eigenvalue weighted by Gasteiger charge is 2.25. The average Bonchev–Trinajstić information content (AvgIpc) is 3.11. The van der Waals surface area contributed by atoms with Gasteiger partial charge in [0.25, 0.3) is 0 Å². The van der Waals surface area contributed by atoms with E-state index in [0.29, 0.717) is 13.1 Å². The monoisotopic (exact) mass is 419 g/mol. The quantitative estimate of drug-likeness (QED) is 0.642. The molecule has 1 N–H and O–H groups in total. The van der Waals surface area contributed by atoms with Crippen molar-refractivity contribution in [2.45, 2.75) is 32.0 Å². The first-order valence-electron chi connectivity index (χ1n) is 10.3. The normalized spacial score (nSPS) is 14.3. The predicted molar refractivity (Wildman–Crippen MR) is 115 cm³/mol. The molecule has 1 aromatic carbocycles. The van der Waals surface area contributed by atoms with E-state index in [9.17, 15) is 9.59 Å². The van der Waals surface area contributed by atoms with Crippen LogP contribution in [0.5, 0.6) is 0 Å². The summed E-state index contributed by atoms with van der Waals surface area (Å²) < 4.78 is 6.78. The fraction of sp³-hybridized carbons (Fsp3) is 0.304. The van der Waals surface area contributed by atoms with E-state index in [2.05, 4.69) is 10.3 Å². The summed E-state index contributed by atoms with van der Waals surface area (Å²) in [6.45, 7) is 1.79. The van der Waals surface area contributed by atoms with Crippen LogP contribution in [-0.2, 0) is 22.6 Å². The summed E-state index contributed by atoms with van der Waals surface area (Å²) in [5, 5.41) is 7.70. The Hall–Kier alpha value is -3.68. The maximum Gasteiger partial charge on any atom is 0.318 e. The van der Waals surface area contributed by atoms with Crippen LogP contribution in [0.3, 0.4) is 0 Å². The third-order valence-electron chi connectivity index (χ3n) is 5.36. The molecular weight excluding hydrogens is 394 g/mol. The molecule has 31 heavy (non-hydrogen) atoms. The molecule has 0 saturated heterocycles. The molecule has 0 unspecified atom stereocenters. The Morgan fingerprint density at radius 2 is 2.00 bits per heavy atom. The van der Waals surface area contributed by atoms with E-state index in [4.69, 9.17) is 9.84 Å². The van der Waals surface area contributed by atoms with Crippen LogP contribution in [0.2, 0.25) is 0 Å². The van der Waals surface area contributed by atoms with Gasteiger partial charge in [-0.2, -0.15) is 5.10 Å². The molecule has 1 aliphatic rings. The van der Waals surface area contributed by atoms with Gasteiger partial charge in [0.05, 0.1) is 37.5 Å². The highest BCUT2D eigenvalue weighted by atomic mass is 16.5. The second kappa shape index (κ2) is 9.42. The molecule has 3 heterocycles. The van der Waals surface area contributed by atoms with Crippen molar-refractivity contribution in [3.63, 3.8) is 0 Å². The third-order valence-corrected chi connectivity index (χ3v) is 5.36. The molecule has 1 aliphatic heterocycles. The predicted octanol–water partition coefficient (Wildman–Crippen LogP) is 3.16. The lowest BCUT2D eigenvalue weighted by Gasteiger charge is -2.25. The standard InChI is InChI=1S/C23H25N5O3/c1-31-22(29)14-20(17-7-3-2-4-8-17)25-23(30)27-11-6-12-28-19(16-27)13-21(26-28)18-9-5-10-24-15-18/h2-5,7-10,13,15,20H,6,11-12,14,16H2,1H3,(H,25,30)/t20-/m1/s1. The number of nitrogens with zero attached hydrogens (tertiary/aromatic N) is 4. The highest BCUT2D eigenvalue weighted by Crippen LogP contribution is 2.22. The number of rotatable bonds is 5. The summed E-state index contributed by atoms with van der Waals surface area (Å²) in [6, 6.07) is 14.6. The van der Waals surface area contributed by atoms with Crippen LogP contribution in [0.4, 0.5) is 4.79 Å². The fourth-order valence-electron chi connectivity index (χ4n) is 3.72. The Labute approximate surface area is 180 Å². The number of fused-ring (bicyclic) bond motifs is 1. The van der Waals surface area contributed by atoms with Gasteiger partial charge in [-0.3, -0.25) is 14.5 Å². The molecule has 0 spiro atoms. The Kier molecular flexibility index (Phi) is 6.26. The lowest BCUT2D eigenvalue weighted by Crippen LogP contribution is -2.42. The number of aromatic nitrogens is 3. The first kappa shape index (κ1) is 20.6. The summed E-state index contributed by atoms with van der Waals surface area (Å²) in [6.07, 6.45) is 4.38. The van der Waals surface area contributed by atoms with Crippen molar-refractivity contribution in [2.75, 3.05) is 13.7 Å². The van der Waals surface area contributed by atoms with E-state index in [1.165, 1.54) is 7.11 Å². The molecule has 4 rings (SSSR count). The molecule has 0 bridgehead atoms. The van der Waals surface area contributed by atoms with Crippen molar-refractivity contribution >= 4 is 12.0 Å². The number of esters is 1.